The van der Waals surface area contributed by atoms with E-state index >= 15 is 0 Å². The zero-order chi connectivity index (χ0) is 21.6. The quantitative estimate of drug-likeness (QED) is 0.567. The second kappa shape index (κ2) is 9.96. The summed E-state index contributed by atoms with van der Waals surface area (Å²) in [6.07, 6.45) is 7.69. The Morgan fingerprint density at radius 1 is 1.13 bits per heavy atom. The van der Waals surface area contributed by atoms with Crippen molar-refractivity contribution < 1.29 is 14.3 Å². The Morgan fingerprint density at radius 2 is 1.90 bits per heavy atom. The van der Waals surface area contributed by atoms with E-state index in [2.05, 4.69) is 26.7 Å². The standard InChI is InChI=1S/C23H31N5O3/c1-2-3-16-31-22(29)18-4-6-19(7-5-18)25-23(30)27-11-8-20(9-12-27)28-15-14-26-13-10-24-21(26)17-28/h4-7,10,13,20H,2-3,8-9,11-12,14-17H2,1H3,(H,25,30). The van der Waals surface area contributed by atoms with Gasteiger partial charge in [0, 0.05) is 50.3 Å². The Balaban J connectivity index is 1.23. The topological polar surface area (TPSA) is 79.7 Å². The molecule has 0 radical (unpaired) electrons. The van der Waals surface area contributed by atoms with Crippen LogP contribution in [0.25, 0.3) is 0 Å². The van der Waals surface area contributed by atoms with Crippen LogP contribution in [0.4, 0.5) is 10.5 Å². The van der Waals surface area contributed by atoms with Crippen molar-refractivity contribution in [3.8, 4) is 0 Å². The number of amides is 2. The maximum atomic E-state index is 12.7. The van der Waals surface area contributed by atoms with E-state index < -0.39 is 0 Å². The number of rotatable bonds is 6. The van der Waals surface area contributed by atoms with Gasteiger partial charge in [-0.05, 0) is 43.5 Å². The smallest absolute Gasteiger partial charge is 0.338 e. The number of carbonyl (C=O) groups excluding carboxylic acids is 2. The Hall–Kier alpha value is -2.87. The van der Waals surface area contributed by atoms with E-state index in [4.69, 9.17) is 4.74 Å². The van der Waals surface area contributed by atoms with Gasteiger partial charge in [0.15, 0.2) is 0 Å². The van der Waals surface area contributed by atoms with E-state index in [0.29, 0.717) is 23.9 Å². The highest BCUT2D eigenvalue weighted by atomic mass is 16.5. The molecule has 31 heavy (non-hydrogen) atoms. The molecule has 0 aliphatic carbocycles. The maximum Gasteiger partial charge on any atom is 0.338 e. The average Bonchev–Trinajstić information content (AvgIpc) is 3.28. The molecule has 1 fully saturated rings. The van der Waals surface area contributed by atoms with E-state index in [1.165, 1.54) is 0 Å². The van der Waals surface area contributed by atoms with Crippen LogP contribution in [0.1, 0.15) is 48.8 Å². The molecular weight excluding hydrogens is 394 g/mol. The summed E-state index contributed by atoms with van der Waals surface area (Å²) in [7, 11) is 0. The van der Waals surface area contributed by atoms with Gasteiger partial charge in [-0.25, -0.2) is 14.6 Å². The van der Waals surface area contributed by atoms with Gasteiger partial charge < -0.3 is 19.5 Å². The molecule has 2 aromatic rings. The first kappa shape index (κ1) is 21.4. The van der Waals surface area contributed by atoms with Gasteiger partial charge in [-0.15, -0.1) is 0 Å². The number of ether oxygens (including phenoxy) is 1. The van der Waals surface area contributed by atoms with Gasteiger partial charge in [-0.1, -0.05) is 13.3 Å². The fourth-order valence-electron chi connectivity index (χ4n) is 4.22. The van der Waals surface area contributed by atoms with Crippen LogP contribution in [0.2, 0.25) is 0 Å². The fourth-order valence-corrected chi connectivity index (χ4v) is 4.22. The molecule has 0 saturated carbocycles. The Bertz CT molecular complexity index is 887. The third kappa shape index (κ3) is 5.25. The Kier molecular flexibility index (Phi) is 6.86. The molecule has 1 aromatic carbocycles. The number of likely N-dealkylation sites (tertiary alicyclic amines) is 1. The fraction of sp³-hybridized carbons (Fsp3) is 0.522. The SMILES string of the molecule is CCCCOC(=O)c1ccc(NC(=O)N2CCC(N3CCn4ccnc4C3)CC2)cc1. The van der Waals surface area contributed by atoms with Crippen molar-refractivity contribution in [2.45, 2.75) is 51.7 Å². The van der Waals surface area contributed by atoms with Crippen LogP contribution in [0.15, 0.2) is 36.7 Å². The number of aromatic nitrogens is 2. The molecular formula is C23H31N5O3. The largest absolute Gasteiger partial charge is 0.462 e. The molecule has 0 unspecified atom stereocenters. The zero-order valence-corrected chi connectivity index (χ0v) is 18.1. The van der Waals surface area contributed by atoms with Gasteiger partial charge in [0.1, 0.15) is 5.82 Å². The van der Waals surface area contributed by atoms with Crippen molar-refractivity contribution in [1.82, 2.24) is 19.4 Å². The highest BCUT2D eigenvalue weighted by Crippen LogP contribution is 2.22. The summed E-state index contributed by atoms with van der Waals surface area (Å²) in [6.45, 7) is 6.87. The lowest BCUT2D eigenvalue weighted by molar-refractivity contribution is 0.0499. The van der Waals surface area contributed by atoms with Gasteiger partial charge in [0.05, 0.1) is 18.7 Å². The molecule has 166 valence electrons. The number of hydrogen-bond acceptors (Lipinski definition) is 5. The van der Waals surface area contributed by atoms with Gasteiger partial charge in [0.25, 0.3) is 0 Å². The van der Waals surface area contributed by atoms with Crippen molar-refractivity contribution in [1.29, 1.82) is 0 Å². The molecule has 2 aliphatic rings. The van der Waals surface area contributed by atoms with Gasteiger partial charge in [-0.2, -0.15) is 0 Å². The first-order valence-corrected chi connectivity index (χ1v) is 11.2. The van der Waals surface area contributed by atoms with Crippen LogP contribution in [0, 0.1) is 0 Å². The molecule has 0 atom stereocenters. The summed E-state index contributed by atoms with van der Waals surface area (Å²) in [6, 6.07) is 7.28. The predicted molar refractivity (Wildman–Crippen MR) is 118 cm³/mol. The molecule has 2 amide bonds. The normalized spacial score (nSPS) is 17.3. The lowest BCUT2D eigenvalue weighted by Crippen LogP contribution is -2.49. The molecule has 1 aromatic heterocycles. The number of piperidine rings is 1. The van der Waals surface area contributed by atoms with Crippen molar-refractivity contribution in [2.24, 2.45) is 0 Å². The van der Waals surface area contributed by atoms with E-state index in [1.807, 2.05) is 17.3 Å². The minimum absolute atomic E-state index is 0.0918. The number of hydrogen-bond donors (Lipinski definition) is 1. The van der Waals surface area contributed by atoms with Crippen molar-refractivity contribution in [3.63, 3.8) is 0 Å². The van der Waals surface area contributed by atoms with Gasteiger partial charge in [-0.3, -0.25) is 4.90 Å². The Labute approximate surface area is 183 Å². The lowest BCUT2D eigenvalue weighted by Gasteiger charge is -2.40. The third-order valence-electron chi connectivity index (χ3n) is 6.15. The van der Waals surface area contributed by atoms with Gasteiger partial charge in [0.2, 0.25) is 0 Å². The van der Waals surface area contributed by atoms with E-state index in [9.17, 15) is 9.59 Å². The van der Waals surface area contributed by atoms with E-state index in [0.717, 1.165) is 64.2 Å². The third-order valence-corrected chi connectivity index (χ3v) is 6.15. The number of benzene rings is 1. The molecule has 4 rings (SSSR count). The monoisotopic (exact) mass is 425 g/mol. The number of esters is 1. The number of nitrogens with one attached hydrogen (secondary N) is 1. The summed E-state index contributed by atoms with van der Waals surface area (Å²) in [5.74, 6) is 0.803. The van der Waals surface area contributed by atoms with Crippen molar-refractivity contribution >= 4 is 17.7 Å². The summed E-state index contributed by atoms with van der Waals surface area (Å²) in [5, 5.41) is 2.94. The second-order valence-corrected chi connectivity index (χ2v) is 8.22. The number of carbonyl (C=O) groups is 2. The van der Waals surface area contributed by atoms with E-state index in [-0.39, 0.29) is 12.0 Å². The summed E-state index contributed by atoms with van der Waals surface area (Å²) >= 11 is 0. The van der Waals surface area contributed by atoms with Crippen LogP contribution in [0.5, 0.6) is 0 Å². The second-order valence-electron chi connectivity index (χ2n) is 8.22. The first-order chi connectivity index (χ1) is 15.1. The van der Waals surface area contributed by atoms with Crippen LogP contribution < -0.4 is 5.32 Å². The molecule has 0 spiro atoms. The zero-order valence-electron chi connectivity index (χ0n) is 18.1. The van der Waals surface area contributed by atoms with E-state index in [1.54, 1.807) is 24.3 Å². The van der Waals surface area contributed by atoms with Crippen LogP contribution in [-0.4, -0.2) is 63.6 Å². The van der Waals surface area contributed by atoms with Gasteiger partial charge >= 0.3 is 12.0 Å². The molecule has 2 aliphatic heterocycles. The summed E-state index contributed by atoms with van der Waals surface area (Å²) < 4.78 is 7.43. The molecule has 8 heteroatoms. The minimum Gasteiger partial charge on any atom is -0.462 e. The number of imidazole rings is 1. The average molecular weight is 426 g/mol. The molecule has 1 saturated heterocycles. The van der Waals surface area contributed by atoms with Crippen molar-refractivity contribution in [2.75, 3.05) is 31.6 Å². The predicted octanol–water partition coefficient (Wildman–Crippen LogP) is 3.35. The number of nitrogens with zero attached hydrogens (tertiary/aromatic N) is 4. The van der Waals surface area contributed by atoms with Crippen molar-refractivity contribution in [3.05, 3.63) is 48.0 Å². The maximum absolute atomic E-state index is 12.7. The molecule has 3 heterocycles. The molecule has 1 N–H and O–H groups in total. The van der Waals surface area contributed by atoms with Crippen LogP contribution in [0.3, 0.4) is 0 Å². The lowest BCUT2D eigenvalue weighted by atomic mass is 10.0. The first-order valence-electron chi connectivity index (χ1n) is 11.2. The number of unbranched alkanes of at least 4 members (excludes halogenated alkanes) is 1. The summed E-state index contributed by atoms with van der Waals surface area (Å²) in [5.41, 5.74) is 1.18. The molecule has 8 nitrogen and oxygen atoms in total. The number of anilines is 1. The van der Waals surface area contributed by atoms with Crippen LogP contribution in [-0.2, 0) is 17.8 Å². The highest BCUT2D eigenvalue weighted by molar-refractivity contribution is 5.92. The van der Waals surface area contributed by atoms with Crippen LogP contribution >= 0.6 is 0 Å². The minimum atomic E-state index is -0.325. The summed E-state index contributed by atoms with van der Waals surface area (Å²) in [4.78, 5) is 33.5. The Morgan fingerprint density at radius 3 is 2.65 bits per heavy atom. The number of urea groups is 1. The number of fused-ring (bicyclic) bond motifs is 1. The molecule has 0 bridgehead atoms. The highest BCUT2D eigenvalue weighted by Gasteiger charge is 2.29.